The Balaban J connectivity index is 2.02. The van der Waals surface area contributed by atoms with Gasteiger partial charge < -0.3 is 14.5 Å². The van der Waals surface area contributed by atoms with Gasteiger partial charge in [0.15, 0.2) is 0 Å². The number of anilines is 1. The summed E-state index contributed by atoms with van der Waals surface area (Å²) < 4.78 is 10.9. The first-order chi connectivity index (χ1) is 10.9. The highest BCUT2D eigenvalue weighted by atomic mass is 16.6. The molecule has 1 radical (unpaired) electrons. The van der Waals surface area contributed by atoms with Gasteiger partial charge in [0, 0.05) is 11.8 Å². The van der Waals surface area contributed by atoms with Gasteiger partial charge in [-0.2, -0.15) is 0 Å². The molecule has 0 spiro atoms. The van der Waals surface area contributed by atoms with E-state index in [4.69, 9.17) is 14.5 Å². The maximum absolute atomic E-state index is 11.8. The molecule has 2 aromatic carbocycles. The maximum atomic E-state index is 11.8. The standard InChI is InChI=1S/C17H19BNO4/c1-17(2,3)23-16(20)19-13-5-4-6-15(11-13)22-14-9-7-12(18-21)8-10-14/h4-11,21H,1-3H3,(H,19,20). The molecule has 2 rings (SSSR count). The van der Waals surface area contributed by atoms with E-state index in [2.05, 4.69) is 5.32 Å². The minimum Gasteiger partial charge on any atom is -0.457 e. The first-order valence-corrected chi connectivity index (χ1v) is 7.21. The fourth-order valence-electron chi connectivity index (χ4n) is 1.82. The second-order valence-corrected chi connectivity index (χ2v) is 5.95. The van der Waals surface area contributed by atoms with Crippen LogP contribution < -0.4 is 15.5 Å². The summed E-state index contributed by atoms with van der Waals surface area (Å²) in [6.45, 7) is 5.42. The Bertz CT molecular complexity index is 665. The fourth-order valence-corrected chi connectivity index (χ4v) is 1.82. The average molecular weight is 312 g/mol. The molecule has 0 fully saturated rings. The van der Waals surface area contributed by atoms with E-state index in [-0.39, 0.29) is 0 Å². The number of amides is 1. The van der Waals surface area contributed by atoms with E-state index in [1.165, 1.54) is 0 Å². The maximum Gasteiger partial charge on any atom is 0.412 e. The van der Waals surface area contributed by atoms with Crippen LogP contribution in [0.4, 0.5) is 10.5 Å². The van der Waals surface area contributed by atoms with Gasteiger partial charge in [0.1, 0.15) is 17.1 Å². The van der Waals surface area contributed by atoms with Crippen LogP contribution in [0, 0.1) is 0 Å². The van der Waals surface area contributed by atoms with Gasteiger partial charge in [-0.25, -0.2) is 4.79 Å². The van der Waals surface area contributed by atoms with Crippen molar-refractivity contribution in [1.29, 1.82) is 0 Å². The SMILES string of the molecule is CC(C)(C)OC(=O)Nc1cccc(Oc2ccc([B]O)cc2)c1. The van der Waals surface area contributed by atoms with Gasteiger partial charge in [0.05, 0.1) is 0 Å². The molecule has 0 bridgehead atoms. The van der Waals surface area contributed by atoms with Crippen molar-refractivity contribution in [3.63, 3.8) is 0 Å². The Morgan fingerprint density at radius 3 is 2.39 bits per heavy atom. The lowest BCUT2D eigenvalue weighted by Gasteiger charge is -2.19. The number of hydrogen-bond acceptors (Lipinski definition) is 4. The molecule has 2 N–H and O–H groups in total. The van der Waals surface area contributed by atoms with Gasteiger partial charge in [-0.05, 0) is 45.0 Å². The third-order valence-electron chi connectivity index (χ3n) is 2.74. The third kappa shape index (κ3) is 5.67. The van der Waals surface area contributed by atoms with Crippen molar-refractivity contribution < 1.29 is 19.3 Å². The summed E-state index contributed by atoms with van der Waals surface area (Å²) in [4.78, 5) is 11.8. The van der Waals surface area contributed by atoms with Crippen molar-refractivity contribution in [1.82, 2.24) is 0 Å². The van der Waals surface area contributed by atoms with Crippen LogP contribution in [0.15, 0.2) is 48.5 Å². The van der Waals surface area contributed by atoms with E-state index in [1.807, 2.05) is 0 Å². The molecular weight excluding hydrogens is 293 g/mol. The Morgan fingerprint density at radius 2 is 1.78 bits per heavy atom. The molecule has 6 heteroatoms. The smallest absolute Gasteiger partial charge is 0.412 e. The predicted molar refractivity (Wildman–Crippen MR) is 90.4 cm³/mol. The Hall–Kier alpha value is -2.47. The largest absolute Gasteiger partial charge is 0.457 e. The van der Waals surface area contributed by atoms with Gasteiger partial charge in [-0.1, -0.05) is 23.7 Å². The summed E-state index contributed by atoms with van der Waals surface area (Å²) in [5.74, 6) is 1.21. The Kier molecular flexibility index (Phi) is 5.29. The summed E-state index contributed by atoms with van der Waals surface area (Å²) in [7, 11) is 1.02. The summed E-state index contributed by atoms with van der Waals surface area (Å²) >= 11 is 0. The summed E-state index contributed by atoms with van der Waals surface area (Å²) in [6.07, 6.45) is -0.516. The second kappa shape index (κ2) is 7.20. The highest BCUT2D eigenvalue weighted by molar-refractivity contribution is 6.45. The topological polar surface area (TPSA) is 67.8 Å². The van der Waals surface area contributed by atoms with Crippen LogP contribution in [-0.2, 0) is 4.74 Å². The predicted octanol–water partition coefficient (Wildman–Crippen LogP) is 3.06. The zero-order chi connectivity index (χ0) is 16.9. The minimum atomic E-state index is -0.552. The highest BCUT2D eigenvalue weighted by Crippen LogP contribution is 2.24. The van der Waals surface area contributed by atoms with Crippen LogP contribution in [0.1, 0.15) is 20.8 Å². The number of benzene rings is 2. The van der Waals surface area contributed by atoms with E-state index < -0.39 is 11.7 Å². The monoisotopic (exact) mass is 312 g/mol. The number of rotatable bonds is 4. The van der Waals surface area contributed by atoms with Crippen molar-refractivity contribution >= 4 is 24.7 Å². The lowest BCUT2D eigenvalue weighted by atomic mass is 9.89. The lowest BCUT2D eigenvalue weighted by Crippen LogP contribution is -2.27. The Morgan fingerprint density at radius 1 is 1.09 bits per heavy atom. The molecule has 0 aromatic heterocycles. The minimum absolute atomic E-state index is 0.516. The average Bonchev–Trinajstić information content (AvgIpc) is 2.46. The van der Waals surface area contributed by atoms with Gasteiger partial charge in [0.2, 0.25) is 0 Å². The number of carbonyl (C=O) groups excluding carboxylic acids is 1. The molecule has 0 unspecified atom stereocenters. The number of nitrogens with one attached hydrogen (secondary N) is 1. The molecule has 1 amide bonds. The van der Waals surface area contributed by atoms with Crippen molar-refractivity contribution in [2.75, 3.05) is 5.32 Å². The molecule has 0 aliphatic carbocycles. The summed E-state index contributed by atoms with van der Waals surface area (Å²) in [6, 6.07) is 14.0. The van der Waals surface area contributed by atoms with Gasteiger partial charge in [-0.15, -0.1) is 0 Å². The van der Waals surface area contributed by atoms with Crippen molar-refractivity contribution in [3.05, 3.63) is 48.5 Å². The molecule has 0 heterocycles. The molecule has 0 aliphatic heterocycles. The van der Waals surface area contributed by atoms with Crippen molar-refractivity contribution in [2.24, 2.45) is 0 Å². The molecular formula is C17H19BNO4. The molecule has 0 saturated carbocycles. The van der Waals surface area contributed by atoms with Gasteiger partial charge >= 0.3 is 13.6 Å². The van der Waals surface area contributed by atoms with Gasteiger partial charge in [0.25, 0.3) is 0 Å². The number of carbonyl (C=O) groups is 1. The fraction of sp³-hybridized carbons (Fsp3) is 0.235. The van der Waals surface area contributed by atoms with Crippen molar-refractivity contribution in [3.8, 4) is 11.5 Å². The molecule has 0 aliphatic rings. The molecule has 0 saturated heterocycles. The van der Waals surface area contributed by atoms with E-state index in [9.17, 15) is 4.79 Å². The molecule has 119 valence electrons. The number of ether oxygens (including phenoxy) is 2. The van der Waals surface area contributed by atoms with Crippen LogP contribution in [-0.4, -0.2) is 24.2 Å². The van der Waals surface area contributed by atoms with Crippen LogP contribution in [0.3, 0.4) is 0 Å². The molecule has 5 nitrogen and oxygen atoms in total. The first-order valence-electron chi connectivity index (χ1n) is 7.21. The third-order valence-corrected chi connectivity index (χ3v) is 2.74. The first kappa shape index (κ1) is 16.9. The quantitative estimate of drug-likeness (QED) is 0.852. The zero-order valence-electron chi connectivity index (χ0n) is 13.4. The van der Waals surface area contributed by atoms with Crippen LogP contribution >= 0.6 is 0 Å². The van der Waals surface area contributed by atoms with E-state index in [0.29, 0.717) is 22.6 Å². The highest BCUT2D eigenvalue weighted by Gasteiger charge is 2.16. The van der Waals surface area contributed by atoms with E-state index >= 15 is 0 Å². The van der Waals surface area contributed by atoms with E-state index in [0.717, 1.165) is 7.48 Å². The van der Waals surface area contributed by atoms with Crippen LogP contribution in [0.5, 0.6) is 11.5 Å². The Labute approximate surface area is 136 Å². The normalized spacial score (nSPS) is 10.8. The lowest BCUT2D eigenvalue weighted by molar-refractivity contribution is 0.0636. The van der Waals surface area contributed by atoms with Crippen LogP contribution in [0.2, 0.25) is 0 Å². The zero-order valence-corrected chi connectivity index (χ0v) is 13.4. The second-order valence-electron chi connectivity index (χ2n) is 5.95. The van der Waals surface area contributed by atoms with Crippen molar-refractivity contribution in [2.45, 2.75) is 26.4 Å². The molecule has 2 aromatic rings. The van der Waals surface area contributed by atoms with Gasteiger partial charge in [-0.3, -0.25) is 5.32 Å². The molecule has 0 atom stereocenters. The number of hydrogen-bond donors (Lipinski definition) is 2. The summed E-state index contributed by atoms with van der Waals surface area (Å²) in [5.41, 5.74) is 0.721. The van der Waals surface area contributed by atoms with E-state index in [1.54, 1.807) is 69.3 Å². The van der Waals surface area contributed by atoms with Crippen LogP contribution in [0.25, 0.3) is 0 Å². The molecule has 23 heavy (non-hydrogen) atoms. The summed E-state index contributed by atoms with van der Waals surface area (Å²) in [5, 5.41) is 11.6.